The summed E-state index contributed by atoms with van der Waals surface area (Å²) in [7, 11) is 0. The summed E-state index contributed by atoms with van der Waals surface area (Å²) in [5.41, 5.74) is 0.895. The summed E-state index contributed by atoms with van der Waals surface area (Å²) in [4.78, 5) is 13.8. The highest BCUT2D eigenvalue weighted by Gasteiger charge is 2.01. The molecule has 0 aliphatic carbocycles. The van der Waals surface area contributed by atoms with Crippen LogP contribution < -0.4 is 5.56 Å². The number of aromatic nitrogens is 1. The number of aryl methyl sites for hydroxylation is 1. The van der Waals surface area contributed by atoms with Crippen molar-refractivity contribution < 1.29 is 4.39 Å². The molecule has 0 aliphatic heterocycles. The number of hydrogen-bond acceptors (Lipinski definition) is 1. The van der Waals surface area contributed by atoms with Crippen LogP contribution in [0.2, 0.25) is 0 Å². The topological polar surface area (TPSA) is 32.9 Å². The Hall–Kier alpha value is -1.64. The van der Waals surface area contributed by atoms with Crippen molar-refractivity contribution in [1.82, 2.24) is 4.98 Å². The van der Waals surface area contributed by atoms with E-state index < -0.39 is 0 Å². The zero-order valence-electron chi connectivity index (χ0n) is 7.10. The molecule has 1 heterocycles. The van der Waals surface area contributed by atoms with Crippen molar-refractivity contribution in [2.24, 2.45) is 0 Å². The van der Waals surface area contributed by atoms with Crippen LogP contribution in [0.3, 0.4) is 0 Å². The van der Waals surface area contributed by atoms with Gasteiger partial charge < -0.3 is 4.98 Å². The lowest BCUT2D eigenvalue weighted by atomic mass is 10.1. The van der Waals surface area contributed by atoms with Crippen LogP contribution in [0.5, 0.6) is 0 Å². The third-order valence-corrected chi connectivity index (χ3v) is 2.02. The zero-order valence-corrected chi connectivity index (χ0v) is 7.10. The van der Waals surface area contributed by atoms with Crippen LogP contribution in [-0.4, -0.2) is 4.98 Å². The molecule has 13 heavy (non-hydrogen) atoms. The van der Waals surface area contributed by atoms with Gasteiger partial charge in [-0.2, -0.15) is 0 Å². The zero-order chi connectivity index (χ0) is 9.42. The van der Waals surface area contributed by atoms with Gasteiger partial charge in [0.05, 0.1) is 5.52 Å². The molecule has 0 saturated carbocycles. The van der Waals surface area contributed by atoms with Gasteiger partial charge >= 0.3 is 0 Å². The third-order valence-electron chi connectivity index (χ3n) is 2.02. The number of halogens is 1. The number of fused-ring (bicyclic) bond motifs is 1. The van der Waals surface area contributed by atoms with E-state index in [0.29, 0.717) is 16.5 Å². The van der Waals surface area contributed by atoms with E-state index in [4.69, 9.17) is 0 Å². The molecule has 0 spiro atoms. The van der Waals surface area contributed by atoms with Crippen LogP contribution in [0, 0.1) is 12.7 Å². The monoisotopic (exact) mass is 177 g/mol. The maximum atomic E-state index is 13.2. The van der Waals surface area contributed by atoms with Crippen LogP contribution in [0.4, 0.5) is 4.39 Å². The number of nitrogens with one attached hydrogen (secondary N) is 1. The first-order valence-electron chi connectivity index (χ1n) is 3.96. The molecule has 3 heteroatoms. The third kappa shape index (κ3) is 1.22. The highest BCUT2D eigenvalue weighted by molar-refractivity contribution is 5.79. The van der Waals surface area contributed by atoms with Gasteiger partial charge in [0.15, 0.2) is 0 Å². The van der Waals surface area contributed by atoms with Gasteiger partial charge in [-0.15, -0.1) is 0 Å². The Bertz CT molecular complexity index is 516. The summed E-state index contributed by atoms with van der Waals surface area (Å²) in [6.07, 6.45) is 0. The Labute approximate surface area is 74.0 Å². The van der Waals surface area contributed by atoms with E-state index in [1.807, 2.05) is 0 Å². The number of benzene rings is 1. The van der Waals surface area contributed by atoms with Crippen molar-refractivity contribution in [1.29, 1.82) is 0 Å². The summed E-state index contributed by atoms with van der Waals surface area (Å²) in [5.74, 6) is -0.308. The van der Waals surface area contributed by atoms with Gasteiger partial charge in [0.1, 0.15) is 5.82 Å². The molecule has 0 aliphatic rings. The molecule has 1 aromatic heterocycles. The van der Waals surface area contributed by atoms with Crippen LogP contribution >= 0.6 is 0 Å². The smallest absolute Gasteiger partial charge is 0.251 e. The molecule has 2 aromatic rings. The summed E-state index contributed by atoms with van der Waals surface area (Å²) >= 11 is 0. The maximum Gasteiger partial charge on any atom is 0.251 e. The molecule has 0 radical (unpaired) electrons. The Balaban J connectivity index is 2.97. The molecule has 0 saturated heterocycles. The van der Waals surface area contributed by atoms with Gasteiger partial charge in [-0.25, -0.2) is 4.39 Å². The summed E-state index contributed by atoms with van der Waals surface area (Å²) < 4.78 is 13.2. The highest BCUT2D eigenvalue weighted by atomic mass is 19.1. The summed E-state index contributed by atoms with van der Waals surface area (Å²) in [6, 6.07) is 6.19. The van der Waals surface area contributed by atoms with Crippen molar-refractivity contribution in [2.45, 2.75) is 6.92 Å². The van der Waals surface area contributed by atoms with E-state index in [1.54, 1.807) is 25.1 Å². The molecule has 2 nitrogen and oxygen atoms in total. The number of pyridine rings is 1. The van der Waals surface area contributed by atoms with Crippen LogP contribution in [-0.2, 0) is 0 Å². The average Bonchev–Trinajstić information content (AvgIpc) is 2.09. The molecular weight excluding hydrogens is 169 g/mol. The Morgan fingerprint density at radius 2 is 2.15 bits per heavy atom. The van der Waals surface area contributed by atoms with E-state index in [9.17, 15) is 9.18 Å². The lowest BCUT2D eigenvalue weighted by Crippen LogP contribution is -2.08. The fraction of sp³-hybridized carbons (Fsp3) is 0.100. The molecule has 0 amide bonds. The van der Waals surface area contributed by atoms with Gasteiger partial charge in [-0.05, 0) is 25.1 Å². The molecule has 1 aromatic carbocycles. The molecule has 0 fully saturated rings. The van der Waals surface area contributed by atoms with Gasteiger partial charge in [0.2, 0.25) is 0 Å². The number of rotatable bonds is 0. The van der Waals surface area contributed by atoms with Gasteiger partial charge in [0, 0.05) is 10.9 Å². The van der Waals surface area contributed by atoms with E-state index in [1.165, 1.54) is 6.07 Å². The Kier molecular flexibility index (Phi) is 1.65. The minimum atomic E-state index is -0.308. The molecule has 0 unspecified atom stereocenters. The summed E-state index contributed by atoms with van der Waals surface area (Å²) in [5, 5.41) is 0.458. The molecule has 2 rings (SSSR count). The first kappa shape index (κ1) is 7.98. The predicted octanol–water partition coefficient (Wildman–Crippen LogP) is 1.98. The quantitative estimate of drug-likeness (QED) is 0.655. The van der Waals surface area contributed by atoms with E-state index in [0.717, 1.165) is 0 Å². The first-order valence-corrected chi connectivity index (χ1v) is 3.96. The predicted molar refractivity (Wildman–Crippen MR) is 49.3 cm³/mol. The standard InChI is InChI=1S/C10H8FNO/c1-6-5-7-8(11)3-2-4-9(7)12-10(6)13/h2-5H,1H3,(H,12,13). The fourth-order valence-electron chi connectivity index (χ4n) is 1.30. The first-order chi connectivity index (χ1) is 6.18. The normalized spacial score (nSPS) is 10.6. The van der Waals surface area contributed by atoms with Gasteiger partial charge in [-0.3, -0.25) is 4.79 Å². The molecular formula is C10H8FNO. The Morgan fingerprint density at radius 1 is 1.38 bits per heavy atom. The number of H-pyrrole nitrogens is 1. The van der Waals surface area contributed by atoms with Crippen molar-refractivity contribution in [2.75, 3.05) is 0 Å². The van der Waals surface area contributed by atoms with Crippen molar-refractivity contribution in [3.63, 3.8) is 0 Å². The molecule has 66 valence electrons. The minimum Gasteiger partial charge on any atom is -0.322 e. The van der Waals surface area contributed by atoms with Crippen LogP contribution in [0.25, 0.3) is 10.9 Å². The van der Waals surface area contributed by atoms with E-state index >= 15 is 0 Å². The molecule has 1 N–H and O–H groups in total. The lowest BCUT2D eigenvalue weighted by molar-refractivity contribution is 0.639. The lowest BCUT2D eigenvalue weighted by Gasteiger charge is -1.99. The van der Waals surface area contributed by atoms with Crippen LogP contribution in [0.1, 0.15) is 5.56 Å². The number of aromatic amines is 1. The molecule has 0 atom stereocenters. The van der Waals surface area contributed by atoms with E-state index in [2.05, 4.69) is 4.98 Å². The van der Waals surface area contributed by atoms with Crippen molar-refractivity contribution in [3.05, 3.63) is 46.0 Å². The second-order valence-corrected chi connectivity index (χ2v) is 2.98. The highest BCUT2D eigenvalue weighted by Crippen LogP contribution is 2.14. The SMILES string of the molecule is Cc1cc2c(F)cccc2[nH]c1=O. The Morgan fingerprint density at radius 3 is 2.92 bits per heavy atom. The van der Waals surface area contributed by atoms with E-state index in [-0.39, 0.29) is 11.4 Å². The van der Waals surface area contributed by atoms with Crippen LogP contribution in [0.15, 0.2) is 29.1 Å². The molecule has 0 bridgehead atoms. The average molecular weight is 177 g/mol. The summed E-state index contributed by atoms with van der Waals surface area (Å²) in [6.45, 7) is 1.66. The maximum absolute atomic E-state index is 13.2. The second-order valence-electron chi connectivity index (χ2n) is 2.98. The van der Waals surface area contributed by atoms with Crippen molar-refractivity contribution in [3.8, 4) is 0 Å². The fourth-order valence-corrected chi connectivity index (χ4v) is 1.30. The van der Waals surface area contributed by atoms with Gasteiger partial charge in [-0.1, -0.05) is 6.07 Å². The minimum absolute atomic E-state index is 0.168. The van der Waals surface area contributed by atoms with Gasteiger partial charge in [0.25, 0.3) is 5.56 Å². The van der Waals surface area contributed by atoms with Crippen molar-refractivity contribution >= 4 is 10.9 Å². The number of hydrogen-bond donors (Lipinski definition) is 1. The second kappa shape index (κ2) is 2.69. The largest absolute Gasteiger partial charge is 0.322 e.